The fraction of sp³-hybridized carbons (Fsp3) is 0.320. The molecule has 1 aromatic heterocycles. The lowest BCUT2D eigenvalue weighted by Crippen LogP contribution is -2.30. The van der Waals surface area contributed by atoms with E-state index < -0.39 is 0 Å². The van der Waals surface area contributed by atoms with Crippen molar-refractivity contribution >= 4 is 28.8 Å². The molecule has 2 aromatic carbocycles. The molecular weight excluding hydrogens is 406 g/mol. The van der Waals surface area contributed by atoms with E-state index in [2.05, 4.69) is 40.3 Å². The van der Waals surface area contributed by atoms with Gasteiger partial charge in [-0.25, -0.2) is 4.98 Å². The molecule has 1 saturated carbocycles. The third kappa shape index (κ3) is 5.79. The van der Waals surface area contributed by atoms with E-state index in [0.29, 0.717) is 0 Å². The van der Waals surface area contributed by atoms with Crippen molar-refractivity contribution in [2.75, 3.05) is 5.32 Å². The fourth-order valence-electron chi connectivity index (χ4n) is 3.50. The van der Waals surface area contributed by atoms with E-state index in [9.17, 15) is 9.59 Å². The van der Waals surface area contributed by atoms with Crippen LogP contribution in [-0.2, 0) is 16.0 Å². The number of nitrogens with zero attached hydrogens (tertiary/aromatic N) is 1. The summed E-state index contributed by atoms with van der Waals surface area (Å²) in [7, 11) is 0. The number of rotatable bonds is 8. The van der Waals surface area contributed by atoms with Crippen LogP contribution in [0.25, 0.3) is 21.8 Å². The molecular formula is C25H27N3O2S. The number of hydrogen-bond donors (Lipinski definition) is 2. The van der Waals surface area contributed by atoms with Gasteiger partial charge in [-0.15, -0.1) is 11.3 Å². The van der Waals surface area contributed by atoms with Gasteiger partial charge in [-0.2, -0.15) is 0 Å². The molecule has 3 aromatic rings. The molecule has 0 bridgehead atoms. The van der Waals surface area contributed by atoms with Crippen molar-refractivity contribution in [2.45, 2.75) is 45.6 Å². The molecule has 1 heterocycles. The summed E-state index contributed by atoms with van der Waals surface area (Å²) >= 11 is 1.60. The summed E-state index contributed by atoms with van der Waals surface area (Å²) < 4.78 is 0. The second-order valence-electron chi connectivity index (χ2n) is 8.22. The van der Waals surface area contributed by atoms with Crippen molar-refractivity contribution in [1.82, 2.24) is 10.3 Å². The second kappa shape index (κ2) is 9.43. The van der Waals surface area contributed by atoms with Crippen LogP contribution in [0.4, 0.5) is 5.69 Å². The zero-order chi connectivity index (χ0) is 21.8. The smallest absolute Gasteiger partial charge is 0.227 e. The molecule has 4 rings (SSSR count). The van der Waals surface area contributed by atoms with Crippen LogP contribution in [-0.4, -0.2) is 22.8 Å². The van der Waals surface area contributed by atoms with Gasteiger partial charge in [-0.05, 0) is 50.3 Å². The Kier molecular flexibility index (Phi) is 6.47. The number of amides is 2. The van der Waals surface area contributed by atoms with Crippen molar-refractivity contribution in [3.8, 4) is 21.8 Å². The first-order valence-electron chi connectivity index (χ1n) is 10.7. The van der Waals surface area contributed by atoms with Crippen molar-refractivity contribution in [2.24, 2.45) is 5.92 Å². The predicted octanol–water partition coefficient (Wildman–Crippen LogP) is 5.28. The Balaban J connectivity index is 1.40. The van der Waals surface area contributed by atoms with Crippen LogP contribution < -0.4 is 10.6 Å². The van der Waals surface area contributed by atoms with E-state index in [0.717, 1.165) is 53.2 Å². The van der Waals surface area contributed by atoms with E-state index in [1.807, 2.05) is 31.2 Å². The monoisotopic (exact) mass is 433 g/mol. The molecule has 31 heavy (non-hydrogen) atoms. The van der Waals surface area contributed by atoms with Crippen LogP contribution in [0.15, 0.2) is 53.9 Å². The summed E-state index contributed by atoms with van der Waals surface area (Å²) in [5.41, 5.74) is 5.11. The minimum atomic E-state index is 0.0121. The SMILES string of the molecule is CC(=O)N[C@H](C)CCc1ccc(-c2csc(-c3cccc(NC(=O)C4CC4)c3)n2)cc1. The lowest BCUT2D eigenvalue weighted by Gasteiger charge is -2.12. The van der Waals surface area contributed by atoms with Gasteiger partial charge >= 0.3 is 0 Å². The van der Waals surface area contributed by atoms with Crippen LogP contribution in [0, 0.1) is 5.92 Å². The van der Waals surface area contributed by atoms with Gasteiger partial charge in [0.15, 0.2) is 0 Å². The molecule has 0 saturated heterocycles. The number of carbonyl (C=O) groups excluding carboxylic acids is 2. The highest BCUT2D eigenvalue weighted by molar-refractivity contribution is 7.13. The number of benzene rings is 2. The maximum Gasteiger partial charge on any atom is 0.227 e. The Morgan fingerprint density at radius 2 is 1.90 bits per heavy atom. The Morgan fingerprint density at radius 3 is 2.61 bits per heavy atom. The summed E-state index contributed by atoms with van der Waals surface area (Å²) in [6, 6.07) is 16.5. The van der Waals surface area contributed by atoms with Gasteiger partial charge in [0.05, 0.1) is 5.69 Å². The van der Waals surface area contributed by atoms with Crippen molar-refractivity contribution in [3.63, 3.8) is 0 Å². The van der Waals surface area contributed by atoms with E-state index in [4.69, 9.17) is 4.98 Å². The van der Waals surface area contributed by atoms with Gasteiger partial charge in [0.1, 0.15) is 5.01 Å². The number of anilines is 1. The Morgan fingerprint density at radius 1 is 1.13 bits per heavy atom. The van der Waals surface area contributed by atoms with Gasteiger partial charge in [-0.3, -0.25) is 9.59 Å². The number of thiazole rings is 1. The number of aryl methyl sites for hydroxylation is 1. The quantitative estimate of drug-likeness (QED) is 0.507. The van der Waals surface area contributed by atoms with Crippen LogP contribution in [0.1, 0.15) is 38.7 Å². The summed E-state index contributed by atoms with van der Waals surface area (Å²) in [4.78, 5) is 28.0. The minimum Gasteiger partial charge on any atom is -0.354 e. The molecule has 0 aliphatic heterocycles. The average Bonchev–Trinajstić information content (AvgIpc) is 3.49. The summed E-state index contributed by atoms with van der Waals surface area (Å²) in [6.07, 6.45) is 3.82. The highest BCUT2D eigenvalue weighted by Crippen LogP contribution is 2.32. The second-order valence-corrected chi connectivity index (χ2v) is 9.08. The molecule has 160 valence electrons. The molecule has 1 atom stereocenters. The van der Waals surface area contributed by atoms with Gasteiger partial charge in [0, 0.05) is 41.1 Å². The van der Waals surface area contributed by atoms with Crippen molar-refractivity contribution < 1.29 is 9.59 Å². The molecule has 5 nitrogen and oxygen atoms in total. The topological polar surface area (TPSA) is 71.1 Å². The molecule has 6 heteroatoms. The average molecular weight is 434 g/mol. The first-order chi connectivity index (χ1) is 15.0. The lowest BCUT2D eigenvalue weighted by molar-refractivity contribution is -0.119. The van der Waals surface area contributed by atoms with E-state index in [1.165, 1.54) is 5.56 Å². The third-order valence-corrected chi connectivity index (χ3v) is 6.29. The number of nitrogens with one attached hydrogen (secondary N) is 2. The van der Waals surface area contributed by atoms with E-state index in [1.54, 1.807) is 18.3 Å². The fourth-order valence-corrected chi connectivity index (χ4v) is 4.33. The highest BCUT2D eigenvalue weighted by Gasteiger charge is 2.29. The van der Waals surface area contributed by atoms with E-state index in [-0.39, 0.29) is 23.8 Å². The summed E-state index contributed by atoms with van der Waals surface area (Å²) in [5.74, 6) is 0.313. The zero-order valence-electron chi connectivity index (χ0n) is 17.9. The Labute approximate surface area is 186 Å². The standard InChI is InChI=1S/C25H27N3O2S/c1-16(26-17(2)29)6-7-18-8-10-19(11-9-18)23-15-31-25(28-23)21-4-3-5-22(14-21)27-24(30)20-12-13-20/h3-5,8-11,14-16,20H,6-7,12-13H2,1-2H3,(H,26,29)(H,27,30)/t16-/m1/s1. The van der Waals surface area contributed by atoms with Crippen LogP contribution in [0.3, 0.4) is 0 Å². The highest BCUT2D eigenvalue weighted by atomic mass is 32.1. The summed E-state index contributed by atoms with van der Waals surface area (Å²) in [6.45, 7) is 3.58. The maximum atomic E-state index is 12.0. The molecule has 1 aliphatic carbocycles. The molecule has 2 N–H and O–H groups in total. The molecule has 2 amide bonds. The third-order valence-electron chi connectivity index (χ3n) is 5.39. The van der Waals surface area contributed by atoms with Gasteiger partial charge in [0.25, 0.3) is 0 Å². The number of aromatic nitrogens is 1. The Hall–Kier alpha value is -2.99. The molecule has 0 unspecified atom stereocenters. The van der Waals surface area contributed by atoms with Crippen molar-refractivity contribution in [1.29, 1.82) is 0 Å². The molecule has 0 spiro atoms. The van der Waals surface area contributed by atoms with Crippen LogP contribution in [0.2, 0.25) is 0 Å². The number of carbonyl (C=O) groups is 2. The first-order valence-corrected chi connectivity index (χ1v) is 11.6. The normalized spacial score (nSPS) is 14.1. The minimum absolute atomic E-state index is 0.0121. The largest absolute Gasteiger partial charge is 0.354 e. The molecule has 1 aliphatic rings. The van der Waals surface area contributed by atoms with Crippen molar-refractivity contribution in [3.05, 3.63) is 59.5 Å². The van der Waals surface area contributed by atoms with Gasteiger partial charge < -0.3 is 10.6 Å². The summed E-state index contributed by atoms with van der Waals surface area (Å²) in [5, 5.41) is 8.93. The Bertz CT molecular complexity index is 1070. The van der Waals surface area contributed by atoms with Gasteiger partial charge in [-0.1, -0.05) is 36.4 Å². The zero-order valence-corrected chi connectivity index (χ0v) is 18.7. The van der Waals surface area contributed by atoms with Gasteiger partial charge in [0.2, 0.25) is 11.8 Å². The van der Waals surface area contributed by atoms with Crippen LogP contribution >= 0.6 is 11.3 Å². The lowest BCUT2D eigenvalue weighted by atomic mass is 10.0. The maximum absolute atomic E-state index is 12.0. The van der Waals surface area contributed by atoms with E-state index >= 15 is 0 Å². The van der Waals surface area contributed by atoms with Crippen LogP contribution in [0.5, 0.6) is 0 Å². The molecule has 0 radical (unpaired) electrons. The predicted molar refractivity (Wildman–Crippen MR) is 126 cm³/mol. The first kappa shape index (κ1) is 21.2. The molecule has 1 fully saturated rings. The number of hydrogen-bond acceptors (Lipinski definition) is 4.